The summed E-state index contributed by atoms with van der Waals surface area (Å²) in [5.41, 5.74) is 7.86. The molecule has 4 heteroatoms. The summed E-state index contributed by atoms with van der Waals surface area (Å²) in [7, 11) is 0. The van der Waals surface area contributed by atoms with Crippen LogP contribution in [0, 0.1) is 11.8 Å². The van der Waals surface area contributed by atoms with Crippen LogP contribution in [0.3, 0.4) is 0 Å². The van der Waals surface area contributed by atoms with Gasteiger partial charge in [-0.2, -0.15) is 0 Å². The second-order valence-corrected chi connectivity index (χ2v) is 13.1. The van der Waals surface area contributed by atoms with Crippen molar-refractivity contribution < 1.29 is 9.59 Å². The molecule has 0 N–H and O–H groups in total. The minimum Gasteiger partial charge on any atom is -0.274 e. The Morgan fingerprint density at radius 1 is 0.639 bits per heavy atom. The molecule has 3 aromatic rings. The zero-order chi connectivity index (χ0) is 25.7. The summed E-state index contributed by atoms with van der Waals surface area (Å²) < 4.78 is 0. The Kier molecular flexibility index (Phi) is 4.93. The smallest absolute Gasteiger partial charge is 0.238 e. The Labute approximate surface area is 218 Å². The van der Waals surface area contributed by atoms with Gasteiger partial charge in [0.15, 0.2) is 0 Å². The molecule has 4 atom stereocenters. The Hall–Kier alpha value is -2.91. The molecule has 0 radical (unpaired) electrons. The molecule has 3 aliphatic carbocycles. The molecule has 1 heterocycles. The third-order valence-corrected chi connectivity index (χ3v) is 8.66. The van der Waals surface area contributed by atoms with E-state index in [1.165, 1.54) is 38.3 Å². The topological polar surface area (TPSA) is 37.4 Å². The number of carbonyl (C=O) groups excluding carboxylic acids is 2. The predicted octanol–water partition coefficient (Wildman–Crippen LogP) is 7.33. The van der Waals surface area contributed by atoms with Crippen molar-refractivity contribution in [2.24, 2.45) is 11.8 Å². The summed E-state index contributed by atoms with van der Waals surface area (Å²) in [5, 5.41) is 0.516. The minimum absolute atomic E-state index is 0.00757. The van der Waals surface area contributed by atoms with Gasteiger partial charge in [-0.1, -0.05) is 95.6 Å². The van der Waals surface area contributed by atoms with Crippen molar-refractivity contribution in [1.82, 2.24) is 0 Å². The van der Waals surface area contributed by atoms with E-state index in [1.54, 1.807) is 24.3 Å². The number of nitrogens with zero attached hydrogens (tertiary/aromatic N) is 1. The average molecular weight is 498 g/mol. The normalized spacial score (nSPS) is 24.6. The molecule has 36 heavy (non-hydrogen) atoms. The zero-order valence-electron chi connectivity index (χ0n) is 21.7. The zero-order valence-corrected chi connectivity index (χ0v) is 22.5. The molecule has 0 unspecified atom stereocenters. The van der Waals surface area contributed by atoms with Crippen LogP contribution in [0.25, 0.3) is 0 Å². The summed E-state index contributed by atoms with van der Waals surface area (Å²) in [6.45, 7) is 13.3. The number of halogens is 1. The van der Waals surface area contributed by atoms with E-state index in [-0.39, 0.29) is 34.5 Å². The van der Waals surface area contributed by atoms with E-state index in [9.17, 15) is 9.59 Å². The highest BCUT2D eigenvalue weighted by molar-refractivity contribution is 6.31. The molecule has 1 saturated heterocycles. The molecule has 3 nitrogen and oxygen atoms in total. The van der Waals surface area contributed by atoms with Gasteiger partial charge in [-0.05, 0) is 62.4 Å². The van der Waals surface area contributed by atoms with Crippen LogP contribution in [-0.4, -0.2) is 11.8 Å². The maximum Gasteiger partial charge on any atom is 0.238 e. The maximum absolute atomic E-state index is 14.0. The maximum atomic E-state index is 14.0. The molecule has 1 fully saturated rings. The Morgan fingerprint density at radius 3 is 1.53 bits per heavy atom. The molecule has 2 amide bonds. The first-order valence-corrected chi connectivity index (χ1v) is 13.2. The fraction of sp³-hybridized carbons (Fsp3) is 0.375. The first kappa shape index (κ1) is 23.5. The van der Waals surface area contributed by atoms with Crippen molar-refractivity contribution in [3.05, 3.63) is 99.1 Å². The third-order valence-electron chi connectivity index (χ3n) is 8.43. The molecule has 1 aliphatic heterocycles. The molecule has 4 aliphatic rings. The van der Waals surface area contributed by atoms with Gasteiger partial charge in [-0.25, -0.2) is 4.90 Å². The summed E-state index contributed by atoms with van der Waals surface area (Å²) in [6.07, 6.45) is 0. The van der Waals surface area contributed by atoms with Crippen LogP contribution in [-0.2, 0) is 20.4 Å². The third kappa shape index (κ3) is 3.25. The van der Waals surface area contributed by atoms with Crippen LogP contribution in [0.4, 0.5) is 5.69 Å². The SMILES string of the molecule is CC(C)(C)c1ccc2c(c1)[C@@H]1c3ccc(C(C)(C)C)cc3[C@H]2[C@H]2C(=O)N(c3cccc(Cl)c3)C(=O)[C@H]12. The van der Waals surface area contributed by atoms with Crippen molar-refractivity contribution in [1.29, 1.82) is 0 Å². The van der Waals surface area contributed by atoms with E-state index in [0.29, 0.717) is 10.7 Å². The van der Waals surface area contributed by atoms with Crippen molar-refractivity contribution in [2.45, 2.75) is 64.2 Å². The van der Waals surface area contributed by atoms with Crippen LogP contribution in [0.5, 0.6) is 0 Å². The van der Waals surface area contributed by atoms with Crippen molar-refractivity contribution >= 4 is 29.1 Å². The first-order chi connectivity index (χ1) is 16.9. The molecule has 0 spiro atoms. The summed E-state index contributed by atoms with van der Waals surface area (Å²) in [5.74, 6) is -1.31. The highest BCUT2D eigenvalue weighted by atomic mass is 35.5. The van der Waals surface area contributed by atoms with E-state index >= 15 is 0 Å². The van der Waals surface area contributed by atoms with Crippen molar-refractivity contribution in [3.8, 4) is 0 Å². The Morgan fingerprint density at radius 2 is 1.11 bits per heavy atom. The van der Waals surface area contributed by atoms with Gasteiger partial charge in [-0.3, -0.25) is 9.59 Å². The van der Waals surface area contributed by atoms with Gasteiger partial charge in [0.05, 0.1) is 17.5 Å². The van der Waals surface area contributed by atoms with E-state index < -0.39 is 11.8 Å². The highest BCUT2D eigenvalue weighted by Gasteiger charge is 2.62. The van der Waals surface area contributed by atoms with E-state index in [4.69, 9.17) is 11.6 Å². The van der Waals surface area contributed by atoms with Crippen LogP contribution < -0.4 is 4.90 Å². The molecular weight excluding hydrogens is 466 g/mol. The fourth-order valence-electron chi connectivity index (χ4n) is 6.58. The number of rotatable bonds is 1. The van der Waals surface area contributed by atoms with Crippen LogP contribution >= 0.6 is 11.6 Å². The molecule has 0 aromatic heterocycles. The summed E-state index contributed by atoms with van der Waals surface area (Å²) in [6, 6.07) is 20.5. The number of imide groups is 1. The van der Waals surface area contributed by atoms with E-state index in [0.717, 1.165) is 0 Å². The lowest BCUT2D eigenvalue weighted by Crippen LogP contribution is -2.42. The van der Waals surface area contributed by atoms with E-state index in [1.807, 2.05) is 0 Å². The number of amides is 2. The number of benzene rings is 3. The second kappa shape index (κ2) is 7.55. The largest absolute Gasteiger partial charge is 0.274 e. The lowest BCUT2D eigenvalue weighted by molar-refractivity contribution is -0.122. The van der Waals surface area contributed by atoms with Crippen molar-refractivity contribution in [3.63, 3.8) is 0 Å². The number of hydrogen-bond donors (Lipinski definition) is 0. The van der Waals surface area contributed by atoms with Gasteiger partial charge in [0.1, 0.15) is 0 Å². The lowest BCUT2D eigenvalue weighted by Gasteiger charge is -2.47. The number of anilines is 1. The monoisotopic (exact) mass is 497 g/mol. The lowest BCUT2D eigenvalue weighted by atomic mass is 9.54. The van der Waals surface area contributed by atoms with Crippen LogP contribution in [0.2, 0.25) is 5.02 Å². The molecule has 2 bridgehead atoms. The molecule has 184 valence electrons. The summed E-state index contributed by atoms with van der Waals surface area (Å²) in [4.78, 5) is 29.5. The van der Waals surface area contributed by atoms with Gasteiger partial charge >= 0.3 is 0 Å². The number of carbonyl (C=O) groups is 2. The molecule has 0 saturated carbocycles. The standard InChI is InChI=1S/C32H32ClNO2/c1-31(2,3)17-10-12-21-23(14-17)25-22-13-11-18(32(4,5)6)15-24(22)26(21)28-27(25)29(35)34(30(28)36)20-9-7-8-19(33)16-20/h7-16,25-28H,1-6H3/t25-,26-,27+,28+/m0/s1. The van der Waals surface area contributed by atoms with Gasteiger partial charge in [0.25, 0.3) is 0 Å². The fourth-order valence-corrected chi connectivity index (χ4v) is 6.76. The van der Waals surface area contributed by atoms with Gasteiger partial charge in [0, 0.05) is 16.9 Å². The summed E-state index contributed by atoms with van der Waals surface area (Å²) >= 11 is 6.26. The molecular formula is C32H32ClNO2. The first-order valence-electron chi connectivity index (χ1n) is 12.8. The highest BCUT2D eigenvalue weighted by Crippen LogP contribution is 2.62. The van der Waals surface area contributed by atoms with Crippen LogP contribution in [0.15, 0.2) is 60.7 Å². The number of hydrogen-bond acceptors (Lipinski definition) is 2. The Balaban J connectivity index is 1.58. The molecule has 7 rings (SSSR count). The predicted molar refractivity (Wildman–Crippen MR) is 145 cm³/mol. The van der Waals surface area contributed by atoms with Gasteiger partial charge in [-0.15, -0.1) is 0 Å². The van der Waals surface area contributed by atoms with E-state index in [2.05, 4.69) is 77.9 Å². The molecule has 3 aromatic carbocycles. The minimum atomic E-state index is -0.405. The van der Waals surface area contributed by atoms with Crippen molar-refractivity contribution in [2.75, 3.05) is 4.90 Å². The second-order valence-electron chi connectivity index (χ2n) is 12.7. The van der Waals surface area contributed by atoms with Crippen LogP contribution in [0.1, 0.15) is 86.8 Å². The Bertz CT molecular complexity index is 1350. The van der Waals surface area contributed by atoms with Gasteiger partial charge < -0.3 is 0 Å². The van der Waals surface area contributed by atoms with Gasteiger partial charge in [0.2, 0.25) is 11.8 Å². The average Bonchev–Trinajstić information content (AvgIpc) is 3.07. The quantitative estimate of drug-likeness (QED) is 0.330.